The normalized spacial score (nSPS) is 21.2. The van der Waals surface area contributed by atoms with Crippen LogP contribution in [0.15, 0.2) is 12.3 Å². The van der Waals surface area contributed by atoms with Gasteiger partial charge in [-0.3, -0.25) is 9.58 Å². The van der Waals surface area contributed by atoms with Gasteiger partial charge in [-0.05, 0) is 39.3 Å². The molecule has 17 heavy (non-hydrogen) atoms. The first-order valence-electron chi connectivity index (χ1n) is 6.67. The molecule has 2 rings (SSSR count). The Morgan fingerprint density at radius 2 is 2.35 bits per heavy atom. The van der Waals surface area contributed by atoms with E-state index in [0.717, 1.165) is 26.3 Å². The molecule has 1 aliphatic heterocycles. The highest BCUT2D eigenvalue weighted by Crippen LogP contribution is 2.19. The molecule has 4 heteroatoms. The van der Waals surface area contributed by atoms with Gasteiger partial charge in [0.25, 0.3) is 0 Å². The molecule has 96 valence electrons. The van der Waals surface area contributed by atoms with Gasteiger partial charge in [0.1, 0.15) is 0 Å². The summed E-state index contributed by atoms with van der Waals surface area (Å²) in [7, 11) is 0. The predicted octanol–water partition coefficient (Wildman–Crippen LogP) is 1.90. The summed E-state index contributed by atoms with van der Waals surface area (Å²) in [6.45, 7) is 8.94. The van der Waals surface area contributed by atoms with Crippen molar-refractivity contribution in [2.45, 2.75) is 45.8 Å². The third kappa shape index (κ3) is 3.30. The molecule has 0 aliphatic carbocycles. The topological polar surface area (TPSA) is 30.3 Å². The van der Waals surface area contributed by atoms with Gasteiger partial charge in [-0.15, -0.1) is 0 Å². The number of nitrogens with zero attached hydrogens (tertiary/aromatic N) is 3. The molecule has 0 radical (unpaired) electrons. The molecular formula is C13H23N3O. The fourth-order valence-corrected chi connectivity index (χ4v) is 2.42. The summed E-state index contributed by atoms with van der Waals surface area (Å²) in [4.78, 5) is 2.50. The molecule has 0 unspecified atom stereocenters. The maximum Gasteiger partial charge on any atom is 0.0764 e. The monoisotopic (exact) mass is 237 g/mol. The summed E-state index contributed by atoms with van der Waals surface area (Å²) in [6, 6.07) is 2.71. The first-order valence-corrected chi connectivity index (χ1v) is 6.67. The summed E-state index contributed by atoms with van der Waals surface area (Å²) in [6.07, 6.45) is 4.60. The zero-order valence-electron chi connectivity index (χ0n) is 10.9. The van der Waals surface area contributed by atoms with Crippen molar-refractivity contribution < 1.29 is 4.74 Å². The van der Waals surface area contributed by atoms with Crippen LogP contribution in [0.4, 0.5) is 0 Å². The molecule has 2 heterocycles. The number of ether oxygens (including phenoxy) is 1. The van der Waals surface area contributed by atoms with Crippen molar-refractivity contribution in [3.63, 3.8) is 0 Å². The lowest BCUT2D eigenvalue weighted by molar-refractivity contribution is 0.0818. The third-order valence-corrected chi connectivity index (χ3v) is 3.40. The highest BCUT2D eigenvalue weighted by atomic mass is 16.5. The molecular weight excluding hydrogens is 214 g/mol. The van der Waals surface area contributed by atoms with Crippen LogP contribution >= 0.6 is 0 Å². The lowest BCUT2D eigenvalue weighted by atomic mass is 10.2. The largest absolute Gasteiger partial charge is 0.380 e. The zero-order chi connectivity index (χ0) is 12.1. The quantitative estimate of drug-likeness (QED) is 0.757. The van der Waals surface area contributed by atoms with Gasteiger partial charge in [0, 0.05) is 31.9 Å². The molecule has 0 amide bonds. The maximum atomic E-state index is 5.54. The van der Waals surface area contributed by atoms with Crippen molar-refractivity contribution in [1.82, 2.24) is 14.7 Å². The summed E-state index contributed by atoms with van der Waals surface area (Å²) >= 11 is 0. The Kier molecular flexibility index (Phi) is 4.57. The van der Waals surface area contributed by atoms with Crippen LogP contribution in [0.5, 0.6) is 0 Å². The molecule has 1 aromatic heterocycles. The predicted molar refractivity (Wildman–Crippen MR) is 67.8 cm³/mol. The second-order valence-corrected chi connectivity index (χ2v) is 4.59. The molecule has 1 fully saturated rings. The Labute approximate surface area is 104 Å². The van der Waals surface area contributed by atoms with Crippen molar-refractivity contribution in [1.29, 1.82) is 0 Å². The molecule has 1 atom stereocenters. The van der Waals surface area contributed by atoms with Crippen LogP contribution in [0, 0.1) is 0 Å². The number of aryl methyl sites for hydroxylation is 1. The smallest absolute Gasteiger partial charge is 0.0764 e. The van der Waals surface area contributed by atoms with Crippen molar-refractivity contribution in [3.05, 3.63) is 18.0 Å². The number of hydrogen-bond donors (Lipinski definition) is 0. The summed E-state index contributed by atoms with van der Waals surface area (Å²) in [5, 5.41) is 4.54. The van der Waals surface area contributed by atoms with Crippen molar-refractivity contribution in [3.8, 4) is 0 Å². The second kappa shape index (κ2) is 6.17. The minimum atomic E-state index is 0.585. The van der Waals surface area contributed by atoms with Crippen LogP contribution in [-0.2, 0) is 17.8 Å². The minimum absolute atomic E-state index is 0.585. The van der Waals surface area contributed by atoms with Crippen molar-refractivity contribution in [2.75, 3.05) is 19.8 Å². The Hall–Kier alpha value is -0.870. The van der Waals surface area contributed by atoms with E-state index in [0.29, 0.717) is 6.04 Å². The number of hydrogen-bond acceptors (Lipinski definition) is 3. The van der Waals surface area contributed by atoms with Crippen molar-refractivity contribution in [2.24, 2.45) is 0 Å². The third-order valence-electron chi connectivity index (χ3n) is 3.40. The first kappa shape index (κ1) is 12.6. The molecule has 1 aliphatic rings. The van der Waals surface area contributed by atoms with E-state index in [-0.39, 0.29) is 0 Å². The molecule has 0 saturated carbocycles. The summed E-state index contributed by atoms with van der Waals surface area (Å²) in [5.74, 6) is 0. The Morgan fingerprint density at radius 1 is 1.47 bits per heavy atom. The van der Waals surface area contributed by atoms with Gasteiger partial charge in [0.2, 0.25) is 0 Å². The maximum absolute atomic E-state index is 5.54. The molecule has 4 nitrogen and oxygen atoms in total. The SMILES string of the molecule is CCOC[C@H]1CCCN1Cc1ccn(CC)n1. The van der Waals surface area contributed by atoms with Crippen LogP contribution < -0.4 is 0 Å². The van der Waals surface area contributed by atoms with Gasteiger partial charge in [0.15, 0.2) is 0 Å². The van der Waals surface area contributed by atoms with Gasteiger partial charge in [0.05, 0.1) is 12.3 Å². The second-order valence-electron chi connectivity index (χ2n) is 4.59. The lowest BCUT2D eigenvalue weighted by Gasteiger charge is -2.23. The number of rotatable bonds is 6. The van der Waals surface area contributed by atoms with E-state index in [1.54, 1.807) is 0 Å². The standard InChI is InChI=1S/C13H23N3O/c1-3-16-9-7-12(14-16)10-15-8-5-6-13(15)11-17-4-2/h7,9,13H,3-6,8,10-11H2,1-2H3/t13-/m1/s1. The average molecular weight is 237 g/mol. The summed E-state index contributed by atoms with van der Waals surface area (Å²) < 4.78 is 7.53. The molecule has 1 saturated heterocycles. The average Bonchev–Trinajstić information content (AvgIpc) is 2.96. The molecule has 0 spiro atoms. The zero-order valence-corrected chi connectivity index (χ0v) is 10.9. The highest BCUT2D eigenvalue weighted by Gasteiger charge is 2.24. The van der Waals surface area contributed by atoms with Crippen LogP contribution in [0.25, 0.3) is 0 Å². The van der Waals surface area contributed by atoms with E-state index >= 15 is 0 Å². The first-order chi connectivity index (χ1) is 8.33. The molecule has 0 bridgehead atoms. The molecule has 0 aromatic carbocycles. The van der Waals surface area contributed by atoms with Gasteiger partial charge < -0.3 is 4.74 Å². The Morgan fingerprint density at radius 3 is 3.06 bits per heavy atom. The Bertz CT molecular complexity index is 337. The minimum Gasteiger partial charge on any atom is -0.380 e. The van der Waals surface area contributed by atoms with E-state index in [2.05, 4.69) is 36.1 Å². The van der Waals surface area contributed by atoms with E-state index < -0.39 is 0 Å². The Balaban J connectivity index is 1.88. The van der Waals surface area contributed by atoms with Crippen LogP contribution in [-0.4, -0.2) is 40.5 Å². The van der Waals surface area contributed by atoms with E-state index in [1.165, 1.54) is 25.1 Å². The lowest BCUT2D eigenvalue weighted by Crippen LogP contribution is -2.32. The molecule has 1 aromatic rings. The van der Waals surface area contributed by atoms with E-state index in [1.807, 2.05) is 4.68 Å². The fraction of sp³-hybridized carbons (Fsp3) is 0.769. The summed E-state index contributed by atoms with van der Waals surface area (Å²) in [5.41, 5.74) is 1.18. The van der Waals surface area contributed by atoms with Gasteiger partial charge >= 0.3 is 0 Å². The van der Waals surface area contributed by atoms with Gasteiger partial charge in [-0.1, -0.05) is 0 Å². The number of likely N-dealkylation sites (tertiary alicyclic amines) is 1. The fourth-order valence-electron chi connectivity index (χ4n) is 2.42. The van der Waals surface area contributed by atoms with Gasteiger partial charge in [-0.2, -0.15) is 5.10 Å². The number of aromatic nitrogens is 2. The van der Waals surface area contributed by atoms with Crippen LogP contribution in [0.1, 0.15) is 32.4 Å². The highest BCUT2D eigenvalue weighted by molar-refractivity contribution is 5.00. The van der Waals surface area contributed by atoms with Crippen LogP contribution in [0.2, 0.25) is 0 Å². The molecule has 0 N–H and O–H groups in total. The van der Waals surface area contributed by atoms with E-state index in [9.17, 15) is 0 Å². The van der Waals surface area contributed by atoms with Crippen molar-refractivity contribution >= 4 is 0 Å². The van der Waals surface area contributed by atoms with Crippen LogP contribution in [0.3, 0.4) is 0 Å². The van der Waals surface area contributed by atoms with Gasteiger partial charge in [-0.25, -0.2) is 0 Å². The van der Waals surface area contributed by atoms with E-state index in [4.69, 9.17) is 4.74 Å².